The maximum Gasteiger partial charge on any atom is 0.206 e. The lowest BCUT2D eigenvalue weighted by atomic mass is 10.3. The van der Waals surface area contributed by atoms with Crippen LogP contribution in [-0.2, 0) is 6.42 Å². The van der Waals surface area contributed by atoms with Crippen molar-refractivity contribution in [1.82, 2.24) is 10.2 Å². The number of aromatic nitrogens is 2. The van der Waals surface area contributed by atoms with Gasteiger partial charge in [-0.3, -0.25) is 0 Å². The Morgan fingerprint density at radius 2 is 2.21 bits per heavy atom. The normalized spacial score (nSPS) is 16.0. The molecule has 1 aliphatic carbocycles. The Bertz CT molecular complexity index is 489. The molecule has 102 valence electrons. The summed E-state index contributed by atoms with van der Waals surface area (Å²) in [7, 11) is 0. The van der Waals surface area contributed by atoms with Crippen LogP contribution in [0.15, 0.2) is 21.9 Å². The summed E-state index contributed by atoms with van der Waals surface area (Å²) >= 11 is 5.41. The number of thiophene rings is 1. The molecule has 1 saturated carbocycles. The minimum absolute atomic E-state index is 0.770. The zero-order valence-electron chi connectivity index (χ0n) is 10.7. The van der Waals surface area contributed by atoms with Gasteiger partial charge in [0.25, 0.3) is 0 Å². The molecule has 2 heterocycles. The van der Waals surface area contributed by atoms with Crippen LogP contribution in [0.3, 0.4) is 0 Å². The van der Waals surface area contributed by atoms with Gasteiger partial charge in [0.05, 0.1) is 0 Å². The third-order valence-corrected chi connectivity index (χ3v) is 6.44. The molecule has 0 spiro atoms. The van der Waals surface area contributed by atoms with Crippen LogP contribution in [0.25, 0.3) is 0 Å². The number of nitrogens with one attached hydrogen (secondary N) is 1. The molecule has 6 heteroatoms. The van der Waals surface area contributed by atoms with E-state index in [0.29, 0.717) is 0 Å². The van der Waals surface area contributed by atoms with Crippen LogP contribution in [0.2, 0.25) is 0 Å². The lowest BCUT2D eigenvalue weighted by Crippen LogP contribution is -2.03. The summed E-state index contributed by atoms with van der Waals surface area (Å²) in [6.45, 7) is 0.934. The molecule has 2 aromatic rings. The third-order valence-electron chi connectivity index (χ3n) is 3.20. The Balaban J connectivity index is 1.45. The molecule has 0 amide bonds. The molecule has 2 aromatic heterocycles. The van der Waals surface area contributed by atoms with E-state index in [1.165, 1.54) is 30.6 Å². The van der Waals surface area contributed by atoms with Crippen LogP contribution in [0.5, 0.6) is 0 Å². The molecule has 0 unspecified atom stereocenters. The minimum atomic E-state index is 0.770. The molecular formula is C13H17N3S3. The van der Waals surface area contributed by atoms with Crippen LogP contribution in [-0.4, -0.2) is 22.0 Å². The Labute approximate surface area is 125 Å². The van der Waals surface area contributed by atoms with Crippen molar-refractivity contribution in [2.45, 2.75) is 41.7 Å². The van der Waals surface area contributed by atoms with Crippen molar-refractivity contribution in [2.75, 3.05) is 11.9 Å². The monoisotopic (exact) mass is 311 g/mol. The predicted molar refractivity (Wildman–Crippen MR) is 84.5 cm³/mol. The fourth-order valence-electron chi connectivity index (χ4n) is 2.23. The number of nitrogens with zero attached hydrogens (tertiary/aromatic N) is 2. The van der Waals surface area contributed by atoms with Crippen molar-refractivity contribution in [3.8, 4) is 0 Å². The highest BCUT2D eigenvalue weighted by Gasteiger charge is 2.18. The lowest BCUT2D eigenvalue weighted by molar-refractivity contribution is 0.886. The molecule has 0 aliphatic heterocycles. The van der Waals surface area contributed by atoms with Gasteiger partial charge in [0, 0.05) is 16.7 Å². The Kier molecular flexibility index (Phi) is 4.74. The standard InChI is InChI=1S/C13H17N3S3/c1-2-5-11(4-1)18-13-16-15-12(19-13)14-8-7-10-6-3-9-17-10/h3,6,9,11H,1-2,4-5,7-8H2,(H,14,15). The van der Waals surface area contributed by atoms with Crippen LogP contribution >= 0.6 is 34.4 Å². The Hall–Kier alpha value is -0.590. The molecule has 0 saturated heterocycles. The SMILES string of the molecule is c1csc(CCNc2nnc(SC3CCCC3)s2)c1. The molecule has 3 nitrogen and oxygen atoms in total. The molecule has 0 aromatic carbocycles. The van der Waals surface area contributed by atoms with Crippen LogP contribution in [0.1, 0.15) is 30.6 Å². The Morgan fingerprint density at radius 1 is 1.32 bits per heavy atom. The first-order valence-electron chi connectivity index (χ1n) is 6.66. The van der Waals surface area contributed by atoms with Gasteiger partial charge in [-0.2, -0.15) is 0 Å². The second kappa shape index (κ2) is 6.72. The number of hydrogen-bond donors (Lipinski definition) is 1. The second-order valence-corrected chi connectivity index (χ2v) is 8.21. The maximum atomic E-state index is 4.27. The quantitative estimate of drug-likeness (QED) is 0.863. The summed E-state index contributed by atoms with van der Waals surface area (Å²) in [5.74, 6) is 0. The van der Waals surface area contributed by atoms with Crippen molar-refractivity contribution in [2.24, 2.45) is 0 Å². The molecule has 0 bridgehead atoms. The fraction of sp³-hybridized carbons (Fsp3) is 0.538. The summed E-state index contributed by atoms with van der Waals surface area (Å²) < 4.78 is 1.12. The summed E-state index contributed by atoms with van der Waals surface area (Å²) in [5.41, 5.74) is 0. The van der Waals surface area contributed by atoms with Crippen LogP contribution < -0.4 is 5.32 Å². The molecule has 1 fully saturated rings. The van der Waals surface area contributed by atoms with E-state index in [2.05, 4.69) is 33.0 Å². The number of rotatable bonds is 6. The van der Waals surface area contributed by atoms with Gasteiger partial charge in [0.1, 0.15) is 0 Å². The average Bonchev–Trinajstić information content (AvgIpc) is 3.12. The van der Waals surface area contributed by atoms with Crippen LogP contribution in [0.4, 0.5) is 5.13 Å². The molecule has 1 N–H and O–H groups in total. The van der Waals surface area contributed by atoms with E-state index >= 15 is 0 Å². The summed E-state index contributed by atoms with van der Waals surface area (Å²) in [6, 6.07) is 4.27. The Morgan fingerprint density at radius 3 is 3.00 bits per heavy atom. The molecular weight excluding hydrogens is 294 g/mol. The van der Waals surface area contributed by atoms with Gasteiger partial charge in [-0.25, -0.2) is 0 Å². The van der Waals surface area contributed by atoms with Gasteiger partial charge in [0.2, 0.25) is 5.13 Å². The van der Waals surface area contributed by atoms with E-state index in [0.717, 1.165) is 27.7 Å². The van der Waals surface area contributed by atoms with Gasteiger partial charge in [-0.1, -0.05) is 42.0 Å². The third kappa shape index (κ3) is 3.94. The van der Waals surface area contributed by atoms with Crippen molar-refractivity contribution in [3.63, 3.8) is 0 Å². The first kappa shape index (κ1) is 13.4. The smallest absolute Gasteiger partial charge is 0.206 e. The maximum absolute atomic E-state index is 4.27. The second-order valence-electron chi connectivity index (χ2n) is 4.65. The van der Waals surface area contributed by atoms with E-state index in [4.69, 9.17) is 0 Å². The van der Waals surface area contributed by atoms with Gasteiger partial charge >= 0.3 is 0 Å². The highest BCUT2D eigenvalue weighted by molar-refractivity contribution is 8.01. The molecule has 0 radical (unpaired) electrons. The molecule has 19 heavy (non-hydrogen) atoms. The van der Waals surface area contributed by atoms with E-state index in [1.54, 1.807) is 11.3 Å². The molecule has 0 atom stereocenters. The van der Waals surface area contributed by atoms with Gasteiger partial charge in [-0.05, 0) is 30.7 Å². The highest BCUT2D eigenvalue weighted by Crippen LogP contribution is 2.36. The van der Waals surface area contributed by atoms with E-state index < -0.39 is 0 Å². The summed E-state index contributed by atoms with van der Waals surface area (Å²) in [5, 5.41) is 15.7. The van der Waals surface area contributed by atoms with Crippen molar-refractivity contribution >= 4 is 39.6 Å². The van der Waals surface area contributed by atoms with Crippen LogP contribution in [0, 0.1) is 0 Å². The van der Waals surface area contributed by atoms with E-state index in [-0.39, 0.29) is 0 Å². The zero-order valence-corrected chi connectivity index (χ0v) is 13.1. The van der Waals surface area contributed by atoms with Gasteiger partial charge < -0.3 is 5.32 Å². The molecule has 3 rings (SSSR count). The van der Waals surface area contributed by atoms with Gasteiger partial charge in [0.15, 0.2) is 4.34 Å². The van der Waals surface area contributed by atoms with Gasteiger partial charge in [-0.15, -0.1) is 21.5 Å². The topological polar surface area (TPSA) is 37.8 Å². The number of hydrogen-bond acceptors (Lipinski definition) is 6. The highest BCUT2D eigenvalue weighted by atomic mass is 32.2. The summed E-state index contributed by atoms with van der Waals surface area (Å²) in [4.78, 5) is 1.41. The zero-order chi connectivity index (χ0) is 12.9. The van der Waals surface area contributed by atoms with E-state index in [9.17, 15) is 0 Å². The number of anilines is 1. The van der Waals surface area contributed by atoms with E-state index in [1.807, 2.05) is 23.1 Å². The fourth-order valence-corrected chi connectivity index (χ4v) is 5.22. The van der Waals surface area contributed by atoms with Crippen molar-refractivity contribution in [1.29, 1.82) is 0 Å². The lowest BCUT2D eigenvalue weighted by Gasteiger charge is -2.03. The average molecular weight is 312 g/mol. The molecule has 1 aliphatic rings. The summed E-state index contributed by atoms with van der Waals surface area (Å²) in [6.07, 6.45) is 6.49. The first-order chi connectivity index (χ1) is 9.40. The van der Waals surface area contributed by atoms with Crippen molar-refractivity contribution in [3.05, 3.63) is 22.4 Å². The first-order valence-corrected chi connectivity index (χ1v) is 9.24. The minimum Gasteiger partial charge on any atom is -0.360 e. The predicted octanol–water partition coefficient (Wildman–Crippen LogP) is 4.29. The van der Waals surface area contributed by atoms with Crippen molar-refractivity contribution < 1.29 is 0 Å². The largest absolute Gasteiger partial charge is 0.360 e. The number of thioether (sulfide) groups is 1.